The smallest absolute Gasteiger partial charge is 0.222 e. The van der Waals surface area contributed by atoms with E-state index in [0.717, 1.165) is 44.9 Å². The summed E-state index contributed by atoms with van der Waals surface area (Å²) in [6.45, 7) is 5.28. The molecule has 0 saturated carbocycles. The Morgan fingerprint density at radius 1 is 1.32 bits per heavy atom. The van der Waals surface area contributed by atoms with Crippen LogP contribution in [0.25, 0.3) is 0 Å². The highest BCUT2D eigenvalue weighted by molar-refractivity contribution is 5.76. The highest BCUT2D eigenvalue weighted by atomic mass is 16.5. The predicted molar refractivity (Wildman–Crippen MR) is 87.1 cm³/mol. The van der Waals surface area contributed by atoms with E-state index in [1.165, 1.54) is 12.0 Å². The lowest BCUT2D eigenvalue weighted by Gasteiger charge is -2.32. The molecule has 2 rings (SSSR count). The van der Waals surface area contributed by atoms with Crippen molar-refractivity contribution in [2.75, 3.05) is 33.4 Å². The highest BCUT2D eigenvalue weighted by Crippen LogP contribution is 2.18. The Bertz CT molecular complexity index is 458. The van der Waals surface area contributed by atoms with Gasteiger partial charge in [0, 0.05) is 26.1 Å². The molecule has 1 aliphatic rings. The van der Waals surface area contributed by atoms with Gasteiger partial charge in [-0.05, 0) is 49.8 Å². The molecule has 4 heteroatoms. The van der Waals surface area contributed by atoms with Gasteiger partial charge in [-0.15, -0.1) is 0 Å². The highest BCUT2D eigenvalue weighted by Gasteiger charge is 2.23. The van der Waals surface area contributed by atoms with Crippen molar-refractivity contribution in [1.29, 1.82) is 0 Å². The predicted octanol–water partition coefficient (Wildman–Crippen LogP) is 2.90. The molecule has 0 aromatic heterocycles. The number of nitrogens with zero attached hydrogens (tertiary/aromatic N) is 1. The van der Waals surface area contributed by atoms with Gasteiger partial charge in [-0.2, -0.15) is 0 Å². The van der Waals surface area contributed by atoms with Gasteiger partial charge in [0.1, 0.15) is 5.75 Å². The first kappa shape index (κ1) is 16.8. The van der Waals surface area contributed by atoms with Gasteiger partial charge in [0.05, 0.1) is 13.7 Å². The van der Waals surface area contributed by atoms with Gasteiger partial charge >= 0.3 is 0 Å². The summed E-state index contributed by atoms with van der Waals surface area (Å²) in [7, 11) is 1.66. The minimum absolute atomic E-state index is 0.261. The van der Waals surface area contributed by atoms with Crippen LogP contribution in [-0.4, -0.2) is 44.2 Å². The van der Waals surface area contributed by atoms with Gasteiger partial charge in [-0.25, -0.2) is 0 Å². The van der Waals surface area contributed by atoms with Crippen LogP contribution in [-0.2, 0) is 16.0 Å². The van der Waals surface area contributed by atoms with Crippen LogP contribution in [0, 0.1) is 5.92 Å². The van der Waals surface area contributed by atoms with E-state index in [4.69, 9.17) is 9.47 Å². The number of hydrogen-bond acceptors (Lipinski definition) is 3. The van der Waals surface area contributed by atoms with E-state index in [1.807, 2.05) is 36.1 Å². The summed E-state index contributed by atoms with van der Waals surface area (Å²) in [5.74, 6) is 1.61. The molecule has 1 aromatic carbocycles. The van der Waals surface area contributed by atoms with Gasteiger partial charge in [-0.3, -0.25) is 4.79 Å². The van der Waals surface area contributed by atoms with E-state index in [2.05, 4.69) is 0 Å². The Labute approximate surface area is 133 Å². The third kappa shape index (κ3) is 5.02. The summed E-state index contributed by atoms with van der Waals surface area (Å²) >= 11 is 0. The molecule has 1 amide bonds. The summed E-state index contributed by atoms with van der Waals surface area (Å²) in [6.07, 6.45) is 3.62. The van der Waals surface area contributed by atoms with Crippen LogP contribution in [0.5, 0.6) is 5.75 Å². The Morgan fingerprint density at radius 2 is 2.09 bits per heavy atom. The Balaban J connectivity index is 1.78. The van der Waals surface area contributed by atoms with Crippen LogP contribution in [0.15, 0.2) is 24.3 Å². The Hall–Kier alpha value is -1.55. The Morgan fingerprint density at radius 3 is 2.77 bits per heavy atom. The number of carbonyl (C=O) groups excluding carboxylic acids is 1. The monoisotopic (exact) mass is 305 g/mol. The first-order chi connectivity index (χ1) is 10.7. The Kier molecular flexibility index (Phi) is 6.72. The molecule has 0 spiro atoms. The molecule has 0 bridgehead atoms. The van der Waals surface area contributed by atoms with E-state index in [0.29, 0.717) is 12.3 Å². The van der Waals surface area contributed by atoms with E-state index < -0.39 is 0 Å². The molecule has 122 valence electrons. The van der Waals surface area contributed by atoms with Crippen molar-refractivity contribution >= 4 is 5.91 Å². The second-order valence-electron chi connectivity index (χ2n) is 5.86. The molecule has 0 N–H and O–H groups in total. The van der Waals surface area contributed by atoms with E-state index in [1.54, 1.807) is 7.11 Å². The van der Waals surface area contributed by atoms with Gasteiger partial charge in [0.15, 0.2) is 0 Å². The maximum atomic E-state index is 12.4. The van der Waals surface area contributed by atoms with Gasteiger partial charge in [0.2, 0.25) is 5.91 Å². The molecule has 22 heavy (non-hydrogen) atoms. The zero-order valence-electron chi connectivity index (χ0n) is 13.7. The SMILES string of the molecule is CCOCC1CCCN(C(=O)CCc2ccc(OC)cc2)C1. The minimum Gasteiger partial charge on any atom is -0.497 e. The zero-order chi connectivity index (χ0) is 15.8. The van der Waals surface area contributed by atoms with Crippen molar-refractivity contribution in [3.63, 3.8) is 0 Å². The molecule has 1 aliphatic heterocycles. The number of rotatable bonds is 7. The molecular formula is C18H27NO3. The largest absolute Gasteiger partial charge is 0.497 e. The number of methoxy groups -OCH3 is 1. The van der Waals surface area contributed by atoms with Crippen LogP contribution < -0.4 is 4.74 Å². The molecule has 1 heterocycles. The number of hydrogen-bond donors (Lipinski definition) is 0. The normalized spacial score (nSPS) is 18.3. The number of likely N-dealkylation sites (tertiary alicyclic amines) is 1. The van der Waals surface area contributed by atoms with E-state index in [-0.39, 0.29) is 5.91 Å². The molecule has 0 aliphatic carbocycles. The summed E-state index contributed by atoms with van der Waals surface area (Å²) in [5.41, 5.74) is 1.18. The average molecular weight is 305 g/mol. The maximum absolute atomic E-state index is 12.4. The fourth-order valence-electron chi connectivity index (χ4n) is 2.91. The first-order valence-corrected chi connectivity index (χ1v) is 8.21. The second-order valence-corrected chi connectivity index (χ2v) is 5.86. The fourth-order valence-corrected chi connectivity index (χ4v) is 2.91. The molecule has 1 aromatic rings. The molecule has 1 unspecified atom stereocenters. The lowest BCUT2D eigenvalue weighted by molar-refractivity contribution is -0.133. The summed E-state index contributed by atoms with van der Waals surface area (Å²) in [5, 5.41) is 0. The molecule has 0 radical (unpaired) electrons. The standard InChI is InChI=1S/C18H27NO3/c1-3-22-14-16-5-4-12-19(13-16)18(20)11-8-15-6-9-17(21-2)10-7-15/h6-7,9-10,16H,3-5,8,11-14H2,1-2H3. The van der Waals surface area contributed by atoms with Crippen LogP contribution >= 0.6 is 0 Å². The fraction of sp³-hybridized carbons (Fsp3) is 0.611. The number of aryl methyl sites for hydroxylation is 1. The topological polar surface area (TPSA) is 38.8 Å². The maximum Gasteiger partial charge on any atom is 0.222 e. The quantitative estimate of drug-likeness (QED) is 0.777. The third-order valence-electron chi connectivity index (χ3n) is 4.22. The number of piperidine rings is 1. The number of carbonyl (C=O) groups is 1. The van der Waals surface area contributed by atoms with Crippen molar-refractivity contribution in [1.82, 2.24) is 4.90 Å². The van der Waals surface area contributed by atoms with Crippen molar-refractivity contribution in [2.45, 2.75) is 32.6 Å². The molecule has 1 fully saturated rings. The average Bonchev–Trinajstić information content (AvgIpc) is 2.58. The zero-order valence-corrected chi connectivity index (χ0v) is 13.7. The van der Waals surface area contributed by atoms with Gasteiger partial charge in [0.25, 0.3) is 0 Å². The second kappa shape index (κ2) is 8.79. The lowest BCUT2D eigenvalue weighted by Crippen LogP contribution is -2.41. The van der Waals surface area contributed by atoms with Crippen LogP contribution in [0.2, 0.25) is 0 Å². The van der Waals surface area contributed by atoms with Crippen LogP contribution in [0.4, 0.5) is 0 Å². The van der Waals surface area contributed by atoms with Crippen molar-refractivity contribution in [2.24, 2.45) is 5.92 Å². The van der Waals surface area contributed by atoms with Gasteiger partial charge in [-0.1, -0.05) is 12.1 Å². The minimum atomic E-state index is 0.261. The summed E-state index contributed by atoms with van der Waals surface area (Å²) < 4.78 is 10.6. The molecule has 4 nitrogen and oxygen atoms in total. The van der Waals surface area contributed by atoms with Crippen LogP contribution in [0.1, 0.15) is 31.7 Å². The van der Waals surface area contributed by atoms with E-state index in [9.17, 15) is 4.79 Å². The van der Waals surface area contributed by atoms with Crippen molar-refractivity contribution < 1.29 is 14.3 Å². The van der Waals surface area contributed by atoms with E-state index >= 15 is 0 Å². The lowest BCUT2D eigenvalue weighted by atomic mass is 9.98. The summed E-state index contributed by atoms with van der Waals surface area (Å²) in [4.78, 5) is 14.4. The first-order valence-electron chi connectivity index (χ1n) is 8.21. The number of ether oxygens (including phenoxy) is 2. The molecular weight excluding hydrogens is 278 g/mol. The number of benzene rings is 1. The van der Waals surface area contributed by atoms with Gasteiger partial charge < -0.3 is 14.4 Å². The third-order valence-corrected chi connectivity index (χ3v) is 4.22. The van der Waals surface area contributed by atoms with Crippen LogP contribution in [0.3, 0.4) is 0 Å². The molecule has 1 atom stereocenters. The summed E-state index contributed by atoms with van der Waals surface area (Å²) in [6, 6.07) is 7.94. The molecule has 1 saturated heterocycles. The number of amides is 1. The van der Waals surface area contributed by atoms with Crippen molar-refractivity contribution in [3.05, 3.63) is 29.8 Å². The van der Waals surface area contributed by atoms with Crippen molar-refractivity contribution in [3.8, 4) is 5.75 Å².